The molecule has 0 saturated carbocycles. The van der Waals surface area contributed by atoms with E-state index in [0.29, 0.717) is 11.9 Å². The summed E-state index contributed by atoms with van der Waals surface area (Å²) in [6, 6.07) is 4.45. The predicted octanol–water partition coefficient (Wildman–Crippen LogP) is 2.65. The third-order valence-electron chi connectivity index (χ3n) is 2.31. The third kappa shape index (κ3) is 2.65. The maximum absolute atomic E-state index is 5.40. The molecule has 0 aliphatic carbocycles. The van der Waals surface area contributed by atoms with Crippen LogP contribution in [-0.2, 0) is 6.54 Å². The van der Waals surface area contributed by atoms with Crippen molar-refractivity contribution in [2.24, 2.45) is 5.73 Å². The van der Waals surface area contributed by atoms with E-state index in [4.69, 9.17) is 10.2 Å². The molecule has 0 saturated heterocycles. The number of halogens is 1. The van der Waals surface area contributed by atoms with E-state index in [1.165, 1.54) is 5.56 Å². The zero-order chi connectivity index (χ0) is 12.4. The van der Waals surface area contributed by atoms with Crippen molar-refractivity contribution in [1.29, 1.82) is 0 Å². The van der Waals surface area contributed by atoms with Gasteiger partial charge in [0, 0.05) is 4.47 Å². The van der Waals surface area contributed by atoms with Crippen LogP contribution in [0.15, 0.2) is 21.0 Å². The van der Waals surface area contributed by atoms with Crippen molar-refractivity contribution in [1.82, 2.24) is 10.2 Å². The van der Waals surface area contributed by atoms with E-state index in [9.17, 15) is 0 Å². The van der Waals surface area contributed by atoms with Gasteiger partial charge in [-0.05, 0) is 47.0 Å². The Morgan fingerprint density at radius 3 is 2.71 bits per heavy atom. The molecule has 0 unspecified atom stereocenters. The van der Waals surface area contributed by atoms with Crippen LogP contribution in [-0.4, -0.2) is 10.2 Å². The van der Waals surface area contributed by atoms with Gasteiger partial charge in [-0.2, -0.15) is 0 Å². The predicted molar refractivity (Wildman–Crippen MR) is 69.1 cm³/mol. The van der Waals surface area contributed by atoms with E-state index >= 15 is 0 Å². The topological polar surface area (TPSA) is 77.0 Å². The molecule has 0 amide bonds. The number of rotatable bonds is 3. The van der Waals surface area contributed by atoms with Crippen molar-refractivity contribution in [3.63, 3.8) is 0 Å². The lowest BCUT2D eigenvalue weighted by atomic mass is 10.1. The second-order valence-corrected chi connectivity index (χ2v) is 4.62. The Labute approximate surface area is 108 Å². The van der Waals surface area contributed by atoms with Crippen molar-refractivity contribution >= 4 is 27.6 Å². The summed E-state index contributed by atoms with van der Waals surface area (Å²) in [7, 11) is 0. The van der Waals surface area contributed by atoms with Crippen LogP contribution >= 0.6 is 15.9 Å². The molecular weight excluding hydrogens is 284 g/mol. The van der Waals surface area contributed by atoms with Gasteiger partial charge in [0.1, 0.15) is 0 Å². The summed E-state index contributed by atoms with van der Waals surface area (Å²) in [5.74, 6) is 0.411. The highest BCUT2D eigenvalue weighted by atomic mass is 79.9. The molecule has 2 aromatic rings. The van der Waals surface area contributed by atoms with Crippen molar-refractivity contribution in [2.45, 2.75) is 20.4 Å². The fourth-order valence-electron chi connectivity index (χ4n) is 1.57. The van der Waals surface area contributed by atoms with E-state index < -0.39 is 0 Å². The Bertz CT molecular complexity index is 515. The average Bonchev–Trinajstić information content (AvgIpc) is 2.71. The van der Waals surface area contributed by atoms with Gasteiger partial charge in [-0.15, -0.1) is 5.10 Å². The summed E-state index contributed by atoms with van der Waals surface area (Å²) in [5, 5.41) is 10.7. The second-order valence-electron chi connectivity index (χ2n) is 3.77. The van der Waals surface area contributed by atoms with Crippen molar-refractivity contribution in [2.75, 3.05) is 5.32 Å². The lowest BCUT2D eigenvalue weighted by Crippen LogP contribution is -1.96. The van der Waals surface area contributed by atoms with Gasteiger partial charge in [-0.3, -0.25) is 0 Å². The largest absolute Gasteiger partial charge is 0.406 e. The Morgan fingerprint density at radius 2 is 2.12 bits per heavy atom. The summed E-state index contributed by atoms with van der Waals surface area (Å²) in [6.07, 6.45) is 0. The van der Waals surface area contributed by atoms with Gasteiger partial charge in [0.05, 0.1) is 12.2 Å². The van der Waals surface area contributed by atoms with Gasteiger partial charge in [0.2, 0.25) is 5.89 Å². The molecule has 0 aliphatic rings. The minimum Gasteiger partial charge on any atom is -0.406 e. The van der Waals surface area contributed by atoms with Crippen LogP contribution in [0.1, 0.15) is 17.0 Å². The minimum absolute atomic E-state index is 0.239. The number of hydrogen-bond acceptors (Lipinski definition) is 5. The van der Waals surface area contributed by atoms with E-state index in [1.54, 1.807) is 0 Å². The van der Waals surface area contributed by atoms with Gasteiger partial charge in [-0.25, -0.2) is 0 Å². The Hall–Kier alpha value is -1.40. The Morgan fingerprint density at radius 1 is 1.35 bits per heavy atom. The molecule has 17 heavy (non-hydrogen) atoms. The number of hydrogen-bond donors (Lipinski definition) is 2. The number of aromatic nitrogens is 2. The highest BCUT2D eigenvalue weighted by Crippen LogP contribution is 2.30. The molecule has 2 rings (SSSR count). The summed E-state index contributed by atoms with van der Waals surface area (Å²) < 4.78 is 6.26. The molecule has 3 N–H and O–H groups in total. The summed E-state index contributed by atoms with van der Waals surface area (Å²) in [6.45, 7) is 4.30. The monoisotopic (exact) mass is 296 g/mol. The molecule has 0 fully saturated rings. The summed E-state index contributed by atoms with van der Waals surface area (Å²) >= 11 is 3.50. The number of nitrogens with zero attached hydrogens (tertiary/aromatic N) is 2. The molecule has 0 spiro atoms. The molecule has 1 aromatic carbocycles. The number of anilines is 2. The van der Waals surface area contributed by atoms with Crippen LogP contribution in [0.3, 0.4) is 0 Å². The maximum Gasteiger partial charge on any atom is 0.320 e. The molecule has 1 heterocycles. The molecule has 0 radical (unpaired) electrons. The van der Waals surface area contributed by atoms with Crippen LogP contribution in [0.2, 0.25) is 0 Å². The molecule has 0 aliphatic heterocycles. The number of aryl methyl sites for hydroxylation is 2. The lowest BCUT2D eigenvalue weighted by molar-refractivity contribution is 0.511. The first-order valence-electron chi connectivity index (χ1n) is 5.16. The van der Waals surface area contributed by atoms with E-state index in [-0.39, 0.29) is 6.54 Å². The van der Waals surface area contributed by atoms with Gasteiger partial charge < -0.3 is 15.5 Å². The molecule has 6 heteroatoms. The zero-order valence-corrected chi connectivity index (χ0v) is 11.2. The van der Waals surface area contributed by atoms with Crippen LogP contribution < -0.4 is 11.1 Å². The van der Waals surface area contributed by atoms with Gasteiger partial charge in [0.15, 0.2) is 0 Å². The van der Waals surface area contributed by atoms with Crippen LogP contribution in [0.4, 0.5) is 11.7 Å². The molecule has 0 bridgehead atoms. The van der Waals surface area contributed by atoms with Gasteiger partial charge in [-0.1, -0.05) is 11.2 Å². The fourth-order valence-corrected chi connectivity index (χ4v) is 2.34. The Kier molecular flexibility index (Phi) is 3.44. The minimum atomic E-state index is 0.239. The highest BCUT2D eigenvalue weighted by Gasteiger charge is 2.09. The lowest BCUT2D eigenvalue weighted by Gasteiger charge is -2.09. The quantitative estimate of drug-likeness (QED) is 0.910. The smallest absolute Gasteiger partial charge is 0.320 e. The highest BCUT2D eigenvalue weighted by molar-refractivity contribution is 9.10. The first-order valence-corrected chi connectivity index (χ1v) is 5.95. The second kappa shape index (κ2) is 4.85. The number of nitrogens with two attached hydrogens (primary N) is 1. The van der Waals surface area contributed by atoms with Gasteiger partial charge in [0.25, 0.3) is 0 Å². The molecule has 0 atom stereocenters. The van der Waals surface area contributed by atoms with E-state index in [2.05, 4.69) is 37.5 Å². The molecular formula is C11H13BrN4O. The van der Waals surface area contributed by atoms with Crippen molar-refractivity contribution in [3.8, 4) is 0 Å². The fraction of sp³-hybridized carbons (Fsp3) is 0.273. The van der Waals surface area contributed by atoms with Crippen molar-refractivity contribution < 1.29 is 4.42 Å². The van der Waals surface area contributed by atoms with Crippen LogP contribution in [0, 0.1) is 13.8 Å². The van der Waals surface area contributed by atoms with Crippen LogP contribution in [0.25, 0.3) is 0 Å². The first kappa shape index (κ1) is 12.1. The van der Waals surface area contributed by atoms with E-state index in [1.807, 2.05) is 19.9 Å². The first-order chi connectivity index (χ1) is 8.10. The summed E-state index contributed by atoms with van der Waals surface area (Å²) in [5.41, 5.74) is 8.61. The summed E-state index contributed by atoms with van der Waals surface area (Å²) in [4.78, 5) is 0. The molecule has 1 aromatic heterocycles. The standard InChI is InChI=1S/C11H13BrN4O/c1-6-3-7(2)10(8(12)4-6)14-11-16-15-9(5-13)17-11/h3-4H,5,13H2,1-2H3,(H,14,16). The number of nitrogens with one attached hydrogen (secondary N) is 1. The number of benzene rings is 1. The average molecular weight is 297 g/mol. The SMILES string of the molecule is Cc1cc(C)c(Nc2nnc(CN)o2)c(Br)c1. The normalized spacial score (nSPS) is 10.6. The zero-order valence-electron chi connectivity index (χ0n) is 9.62. The van der Waals surface area contributed by atoms with E-state index in [0.717, 1.165) is 15.7 Å². The molecule has 5 nitrogen and oxygen atoms in total. The third-order valence-corrected chi connectivity index (χ3v) is 2.93. The Balaban J connectivity index is 2.29. The van der Waals surface area contributed by atoms with Crippen LogP contribution in [0.5, 0.6) is 0 Å². The van der Waals surface area contributed by atoms with Crippen molar-refractivity contribution in [3.05, 3.63) is 33.6 Å². The molecule has 90 valence electrons. The van der Waals surface area contributed by atoms with Gasteiger partial charge >= 0.3 is 6.01 Å². The maximum atomic E-state index is 5.40.